The lowest BCUT2D eigenvalue weighted by molar-refractivity contribution is -0.143. The zero-order chi connectivity index (χ0) is 20.5. The van der Waals surface area contributed by atoms with Gasteiger partial charge in [0.05, 0.1) is 22.4 Å². The van der Waals surface area contributed by atoms with Crippen LogP contribution in [-0.4, -0.2) is 28.0 Å². The van der Waals surface area contributed by atoms with E-state index in [-0.39, 0.29) is 28.2 Å². The minimum absolute atomic E-state index is 0.00469. The van der Waals surface area contributed by atoms with E-state index in [9.17, 15) is 18.4 Å². The van der Waals surface area contributed by atoms with Crippen molar-refractivity contribution in [3.63, 3.8) is 0 Å². The predicted molar refractivity (Wildman–Crippen MR) is 105 cm³/mol. The molecular weight excluding hydrogens is 400 g/mol. The van der Waals surface area contributed by atoms with Gasteiger partial charge in [-0.15, -0.1) is 0 Å². The first-order valence-electron chi connectivity index (χ1n) is 8.77. The van der Waals surface area contributed by atoms with Crippen LogP contribution in [0.5, 0.6) is 0 Å². The highest BCUT2D eigenvalue weighted by Crippen LogP contribution is 2.23. The van der Waals surface area contributed by atoms with Crippen LogP contribution in [0.25, 0.3) is 21.1 Å². The van der Waals surface area contributed by atoms with E-state index in [1.165, 1.54) is 4.57 Å². The van der Waals surface area contributed by atoms with Gasteiger partial charge in [-0.1, -0.05) is 29.5 Å². The fourth-order valence-corrected chi connectivity index (χ4v) is 4.16. The van der Waals surface area contributed by atoms with Crippen molar-refractivity contribution >= 4 is 44.3 Å². The van der Waals surface area contributed by atoms with Crippen LogP contribution in [0.1, 0.15) is 17.3 Å². The number of thiazole rings is 1. The van der Waals surface area contributed by atoms with Crippen molar-refractivity contribution < 1.29 is 23.1 Å². The lowest BCUT2D eigenvalue weighted by atomic mass is 10.2. The van der Waals surface area contributed by atoms with Gasteiger partial charge in [-0.2, -0.15) is 4.99 Å². The topological polar surface area (TPSA) is 76.5 Å². The van der Waals surface area contributed by atoms with E-state index in [0.717, 1.165) is 29.0 Å². The average molecular weight is 415 g/mol. The number of hydrogen-bond acceptors (Lipinski definition) is 4. The summed E-state index contributed by atoms with van der Waals surface area (Å²) in [6.45, 7) is 1.45. The summed E-state index contributed by atoms with van der Waals surface area (Å²) in [4.78, 5) is 32.0. The number of carbonyl (C=O) groups is 2. The van der Waals surface area contributed by atoms with Crippen LogP contribution >= 0.6 is 11.3 Å². The molecule has 0 bridgehead atoms. The van der Waals surface area contributed by atoms with Crippen molar-refractivity contribution in [3.8, 4) is 0 Å². The van der Waals surface area contributed by atoms with E-state index in [1.807, 2.05) is 12.1 Å². The Kier molecular flexibility index (Phi) is 4.98. The van der Waals surface area contributed by atoms with Gasteiger partial charge in [0.25, 0.3) is 5.91 Å². The quantitative estimate of drug-likeness (QED) is 0.516. The van der Waals surface area contributed by atoms with Crippen LogP contribution in [0.2, 0.25) is 0 Å². The molecule has 0 atom stereocenters. The number of nitrogens with one attached hydrogen (secondary N) is 1. The van der Waals surface area contributed by atoms with E-state index in [0.29, 0.717) is 10.9 Å². The van der Waals surface area contributed by atoms with Gasteiger partial charge in [-0.05, 0) is 19.1 Å². The Hall–Kier alpha value is -3.33. The van der Waals surface area contributed by atoms with E-state index in [4.69, 9.17) is 4.74 Å². The molecule has 0 aliphatic heterocycles. The number of H-pyrrole nitrogens is 1. The molecule has 9 heteroatoms. The molecule has 0 saturated carbocycles. The Morgan fingerprint density at radius 1 is 1.24 bits per heavy atom. The van der Waals surface area contributed by atoms with Gasteiger partial charge in [0.2, 0.25) is 0 Å². The van der Waals surface area contributed by atoms with Crippen LogP contribution < -0.4 is 4.80 Å². The molecule has 0 saturated heterocycles. The maximum absolute atomic E-state index is 14.4. The number of fused-ring (bicyclic) bond motifs is 2. The zero-order valence-corrected chi connectivity index (χ0v) is 16.1. The monoisotopic (exact) mass is 415 g/mol. The van der Waals surface area contributed by atoms with Gasteiger partial charge in [-0.25, -0.2) is 8.78 Å². The predicted octanol–water partition coefficient (Wildman–Crippen LogP) is 3.77. The highest BCUT2D eigenvalue weighted by atomic mass is 32.1. The zero-order valence-electron chi connectivity index (χ0n) is 15.2. The third-order valence-electron chi connectivity index (χ3n) is 4.30. The number of benzene rings is 2. The van der Waals surface area contributed by atoms with E-state index >= 15 is 0 Å². The molecule has 1 amide bonds. The summed E-state index contributed by atoms with van der Waals surface area (Å²) in [5.74, 6) is -2.78. The van der Waals surface area contributed by atoms with E-state index in [2.05, 4.69) is 9.98 Å². The second-order valence-electron chi connectivity index (χ2n) is 6.18. The molecule has 0 unspecified atom stereocenters. The van der Waals surface area contributed by atoms with E-state index < -0.39 is 23.5 Å². The summed E-state index contributed by atoms with van der Waals surface area (Å²) >= 11 is 0.921. The number of nitrogens with zero attached hydrogens (tertiary/aromatic N) is 2. The summed E-state index contributed by atoms with van der Waals surface area (Å²) in [6.07, 6.45) is 1.54. The molecule has 4 aromatic rings. The minimum Gasteiger partial charge on any atom is -0.465 e. The smallest absolute Gasteiger partial charge is 0.326 e. The third kappa shape index (κ3) is 3.56. The molecule has 0 fully saturated rings. The van der Waals surface area contributed by atoms with Crippen molar-refractivity contribution in [2.45, 2.75) is 13.5 Å². The Balaban J connectivity index is 1.88. The minimum atomic E-state index is -0.846. The number of halogens is 2. The van der Waals surface area contributed by atoms with Gasteiger partial charge >= 0.3 is 5.97 Å². The van der Waals surface area contributed by atoms with Crippen molar-refractivity contribution in [3.05, 3.63) is 64.6 Å². The number of rotatable bonds is 4. The molecule has 2 aromatic carbocycles. The molecule has 0 spiro atoms. The Bertz CT molecular complexity index is 1320. The molecule has 148 valence electrons. The van der Waals surface area contributed by atoms with Crippen LogP contribution in [0, 0.1) is 11.6 Å². The van der Waals surface area contributed by atoms with Gasteiger partial charge in [0.15, 0.2) is 10.6 Å². The molecule has 0 radical (unpaired) electrons. The van der Waals surface area contributed by atoms with Gasteiger partial charge in [0, 0.05) is 23.2 Å². The number of amides is 1. The Morgan fingerprint density at radius 2 is 2.03 bits per heavy atom. The normalized spacial score (nSPS) is 12.0. The number of aromatic amines is 1. The second kappa shape index (κ2) is 7.59. The van der Waals surface area contributed by atoms with Crippen molar-refractivity contribution in [2.75, 3.05) is 6.61 Å². The highest BCUT2D eigenvalue weighted by molar-refractivity contribution is 7.16. The van der Waals surface area contributed by atoms with Crippen LogP contribution in [0.3, 0.4) is 0 Å². The summed E-state index contributed by atoms with van der Waals surface area (Å²) in [5, 5.41) is 0.691. The third-order valence-corrected chi connectivity index (χ3v) is 5.33. The molecular formula is C20H15F2N3O3S. The first-order chi connectivity index (χ1) is 14.0. The lowest BCUT2D eigenvalue weighted by Gasteiger charge is -2.05. The first kappa shape index (κ1) is 19.0. The molecule has 6 nitrogen and oxygen atoms in total. The summed E-state index contributed by atoms with van der Waals surface area (Å²) in [5.41, 5.74) is 1.11. The van der Waals surface area contributed by atoms with E-state index in [1.54, 1.807) is 25.3 Å². The molecule has 0 aliphatic rings. The number of esters is 1. The SMILES string of the molecule is CCOC(=O)Cn1c(=NC(=O)c2c[nH]c3ccccc23)sc2cc(F)cc(F)c21. The lowest BCUT2D eigenvalue weighted by Crippen LogP contribution is -2.23. The van der Waals surface area contributed by atoms with Crippen LogP contribution in [0.15, 0.2) is 47.6 Å². The summed E-state index contributed by atoms with van der Waals surface area (Å²) in [6, 6.07) is 9.10. The standard InChI is InChI=1S/C20H15F2N3O3S/c1-2-28-17(26)10-25-18-14(22)7-11(21)8-16(18)29-20(25)24-19(27)13-9-23-15-6-4-3-5-12(13)15/h3-9,23H,2,10H2,1H3. The average Bonchev–Trinajstić information content (AvgIpc) is 3.24. The fourth-order valence-electron chi connectivity index (χ4n) is 3.09. The molecule has 0 aliphatic carbocycles. The first-order valence-corrected chi connectivity index (χ1v) is 9.58. The summed E-state index contributed by atoms with van der Waals surface area (Å²) < 4.78 is 34.5. The molecule has 1 N–H and O–H groups in total. The van der Waals surface area contributed by atoms with Gasteiger partial charge in [0.1, 0.15) is 12.4 Å². The molecule has 4 rings (SSSR count). The number of aromatic nitrogens is 2. The number of carbonyl (C=O) groups excluding carboxylic acids is 2. The number of hydrogen-bond donors (Lipinski definition) is 1. The second-order valence-corrected chi connectivity index (χ2v) is 7.18. The van der Waals surface area contributed by atoms with Gasteiger partial charge < -0.3 is 14.3 Å². The Morgan fingerprint density at radius 3 is 2.83 bits per heavy atom. The maximum atomic E-state index is 14.4. The number of para-hydroxylation sites is 1. The molecule has 29 heavy (non-hydrogen) atoms. The Labute approximate surface area is 167 Å². The van der Waals surface area contributed by atoms with Crippen molar-refractivity contribution in [1.82, 2.24) is 9.55 Å². The summed E-state index contributed by atoms with van der Waals surface area (Å²) in [7, 11) is 0. The van der Waals surface area contributed by atoms with Crippen molar-refractivity contribution in [1.29, 1.82) is 0 Å². The number of ether oxygens (including phenoxy) is 1. The molecule has 2 heterocycles. The largest absolute Gasteiger partial charge is 0.465 e. The van der Waals surface area contributed by atoms with Crippen LogP contribution in [-0.2, 0) is 16.1 Å². The molecule has 2 aromatic heterocycles. The van der Waals surface area contributed by atoms with Gasteiger partial charge in [-0.3, -0.25) is 9.59 Å². The fraction of sp³-hybridized carbons (Fsp3) is 0.150. The van der Waals surface area contributed by atoms with Crippen LogP contribution in [0.4, 0.5) is 8.78 Å². The highest BCUT2D eigenvalue weighted by Gasteiger charge is 2.18. The van der Waals surface area contributed by atoms with Crippen molar-refractivity contribution in [2.24, 2.45) is 4.99 Å². The maximum Gasteiger partial charge on any atom is 0.326 e.